The van der Waals surface area contributed by atoms with Gasteiger partial charge in [0.2, 0.25) is 0 Å². The number of oxime groups is 1. The van der Waals surface area contributed by atoms with Crippen LogP contribution >= 0.6 is 11.6 Å². The molecule has 0 radical (unpaired) electrons. The molecule has 0 saturated heterocycles. The Balaban J connectivity index is 2.35. The summed E-state index contributed by atoms with van der Waals surface area (Å²) in [6.45, 7) is 0.0881. The van der Waals surface area contributed by atoms with E-state index in [1.54, 1.807) is 24.3 Å². The highest BCUT2D eigenvalue weighted by Gasteiger charge is 2.30. The predicted molar refractivity (Wildman–Crippen MR) is 103 cm³/mol. The highest BCUT2D eigenvalue weighted by atomic mass is 35.5. The van der Waals surface area contributed by atoms with Crippen LogP contribution in [0.5, 0.6) is 5.75 Å². The van der Waals surface area contributed by atoms with Gasteiger partial charge < -0.3 is 14.3 Å². The minimum absolute atomic E-state index is 0.0881. The van der Waals surface area contributed by atoms with Gasteiger partial charge in [-0.2, -0.15) is 13.2 Å². The first kappa shape index (κ1) is 22.4. The summed E-state index contributed by atoms with van der Waals surface area (Å²) in [5, 5.41) is 3.60. The van der Waals surface area contributed by atoms with E-state index in [-0.39, 0.29) is 17.5 Å². The number of hydrogen-bond donors (Lipinski definition) is 0. The Labute approximate surface area is 170 Å². The highest BCUT2D eigenvalue weighted by molar-refractivity contribution is 6.69. The van der Waals surface area contributed by atoms with Crippen molar-refractivity contribution in [3.63, 3.8) is 0 Å². The lowest BCUT2D eigenvalue weighted by atomic mass is 10.0. The van der Waals surface area contributed by atoms with Crippen molar-refractivity contribution in [1.29, 1.82) is 0 Å². The van der Waals surface area contributed by atoms with Crippen LogP contribution in [0.2, 0.25) is 0 Å². The molecule has 2 aromatic carbocycles. The van der Waals surface area contributed by atoms with Gasteiger partial charge in [0.25, 0.3) is 0 Å². The zero-order valence-corrected chi connectivity index (χ0v) is 16.3. The Morgan fingerprint density at radius 2 is 1.79 bits per heavy atom. The molecule has 2 rings (SSSR count). The number of alkyl halides is 3. The second-order valence-corrected chi connectivity index (χ2v) is 6.03. The molecule has 0 atom stereocenters. The van der Waals surface area contributed by atoms with E-state index in [0.29, 0.717) is 16.7 Å². The minimum Gasteiger partial charge on any atom is -0.466 e. The van der Waals surface area contributed by atoms with E-state index in [9.17, 15) is 18.0 Å². The van der Waals surface area contributed by atoms with Crippen molar-refractivity contribution in [1.82, 2.24) is 0 Å². The summed E-state index contributed by atoms with van der Waals surface area (Å²) in [7, 11) is 2.70. The molecule has 0 aliphatic rings. The van der Waals surface area contributed by atoms with E-state index < -0.39 is 17.7 Å². The summed E-state index contributed by atoms with van der Waals surface area (Å²) in [5.74, 6) is -0.710. The quantitative estimate of drug-likeness (QED) is 0.273. The molecular formula is C20H17ClF3NO4. The third-order valence-corrected chi connectivity index (χ3v) is 3.95. The Hall–Kier alpha value is -2.84. The lowest BCUT2D eigenvalue weighted by Crippen LogP contribution is -2.06. The first-order valence-corrected chi connectivity index (χ1v) is 8.59. The van der Waals surface area contributed by atoms with Gasteiger partial charge in [-0.1, -0.05) is 47.1 Å². The van der Waals surface area contributed by atoms with Crippen LogP contribution in [0.4, 0.5) is 13.2 Å². The molecule has 0 bridgehead atoms. The molecule has 0 unspecified atom stereocenters. The van der Waals surface area contributed by atoms with Gasteiger partial charge in [0.1, 0.15) is 0 Å². The number of rotatable bonds is 7. The Morgan fingerprint density at radius 1 is 1.10 bits per heavy atom. The molecule has 29 heavy (non-hydrogen) atoms. The fourth-order valence-electron chi connectivity index (χ4n) is 2.37. The van der Waals surface area contributed by atoms with Gasteiger partial charge in [0.15, 0.2) is 10.9 Å². The fraction of sp³-hybridized carbons (Fsp3) is 0.200. The predicted octanol–water partition coefficient (Wildman–Crippen LogP) is 4.89. The SMILES string of the molecule is COC/C(=C/C(=O)OC)c1ccccc1C(Cl)=NOc1cccc(C(F)(F)F)c1. The van der Waals surface area contributed by atoms with Crippen molar-refractivity contribution in [2.24, 2.45) is 5.16 Å². The summed E-state index contributed by atoms with van der Waals surface area (Å²) in [4.78, 5) is 16.7. The molecule has 5 nitrogen and oxygen atoms in total. The Bertz CT molecular complexity index is 926. The molecule has 0 aliphatic carbocycles. The zero-order valence-electron chi connectivity index (χ0n) is 15.5. The number of benzene rings is 2. The van der Waals surface area contributed by atoms with Crippen molar-refractivity contribution in [3.05, 3.63) is 71.3 Å². The van der Waals surface area contributed by atoms with Crippen molar-refractivity contribution in [2.45, 2.75) is 6.18 Å². The molecule has 0 aromatic heterocycles. The van der Waals surface area contributed by atoms with E-state index in [4.69, 9.17) is 21.2 Å². The van der Waals surface area contributed by atoms with Gasteiger partial charge in [-0.15, -0.1) is 0 Å². The summed E-state index contributed by atoms with van der Waals surface area (Å²) in [6, 6.07) is 11.0. The maximum atomic E-state index is 12.8. The average Bonchev–Trinajstić information content (AvgIpc) is 2.71. The molecule has 0 spiro atoms. The smallest absolute Gasteiger partial charge is 0.416 e. The number of carbonyl (C=O) groups excluding carboxylic acids is 1. The van der Waals surface area contributed by atoms with Gasteiger partial charge in [0, 0.05) is 18.7 Å². The molecule has 154 valence electrons. The summed E-state index contributed by atoms with van der Waals surface area (Å²) < 4.78 is 48.2. The van der Waals surface area contributed by atoms with E-state index in [1.165, 1.54) is 32.4 Å². The molecular weight excluding hydrogens is 411 g/mol. The number of carbonyl (C=O) groups is 1. The number of nitrogens with zero attached hydrogens (tertiary/aromatic N) is 1. The van der Waals surface area contributed by atoms with Gasteiger partial charge in [-0.3, -0.25) is 0 Å². The Morgan fingerprint density at radius 3 is 2.41 bits per heavy atom. The third-order valence-electron chi connectivity index (χ3n) is 3.68. The largest absolute Gasteiger partial charge is 0.466 e. The van der Waals surface area contributed by atoms with Crippen molar-refractivity contribution in [3.8, 4) is 5.75 Å². The second kappa shape index (κ2) is 10.1. The number of methoxy groups -OCH3 is 2. The summed E-state index contributed by atoms with van der Waals surface area (Å²) >= 11 is 6.22. The van der Waals surface area contributed by atoms with E-state index in [2.05, 4.69) is 9.89 Å². The van der Waals surface area contributed by atoms with Crippen molar-refractivity contribution < 1.29 is 32.3 Å². The van der Waals surface area contributed by atoms with Crippen LogP contribution in [0, 0.1) is 0 Å². The normalized spacial score (nSPS) is 12.6. The molecule has 0 saturated carbocycles. The minimum atomic E-state index is -4.51. The van der Waals surface area contributed by atoms with Crippen LogP contribution in [-0.4, -0.2) is 32.0 Å². The van der Waals surface area contributed by atoms with Crippen LogP contribution in [0.25, 0.3) is 5.57 Å². The summed E-state index contributed by atoms with van der Waals surface area (Å²) in [5.41, 5.74) is 0.530. The standard InChI is InChI=1S/C20H17ClF3NO4/c1-27-12-13(10-18(26)28-2)16-8-3-4-9-17(16)19(21)25-29-15-7-5-6-14(11-15)20(22,23)24/h3-11H,12H2,1-2H3/b13-10-,25-19?. The first-order chi connectivity index (χ1) is 13.8. The van der Waals surface area contributed by atoms with Crippen LogP contribution in [0.3, 0.4) is 0 Å². The second-order valence-electron chi connectivity index (χ2n) is 5.67. The monoisotopic (exact) mass is 427 g/mol. The van der Waals surface area contributed by atoms with Crippen molar-refractivity contribution in [2.75, 3.05) is 20.8 Å². The Kier molecular flexibility index (Phi) is 7.81. The van der Waals surface area contributed by atoms with Gasteiger partial charge in [-0.25, -0.2) is 4.79 Å². The number of esters is 1. The highest BCUT2D eigenvalue weighted by Crippen LogP contribution is 2.31. The van der Waals surface area contributed by atoms with E-state index >= 15 is 0 Å². The summed E-state index contributed by atoms with van der Waals surface area (Å²) in [6.07, 6.45) is -3.26. The number of halogens is 4. The van der Waals surface area contributed by atoms with Crippen LogP contribution in [-0.2, 0) is 20.4 Å². The molecule has 0 amide bonds. The van der Waals surface area contributed by atoms with Gasteiger partial charge in [-0.05, 0) is 29.3 Å². The van der Waals surface area contributed by atoms with Crippen LogP contribution in [0.1, 0.15) is 16.7 Å². The lowest BCUT2D eigenvalue weighted by Gasteiger charge is -2.12. The molecule has 0 aliphatic heterocycles. The third kappa shape index (κ3) is 6.33. The average molecular weight is 428 g/mol. The first-order valence-electron chi connectivity index (χ1n) is 8.21. The molecule has 9 heteroatoms. The maximum Gasteiger partial charge on any atom is 0.416 e. The molecule has 0 heterocycles. The molecule has 0 N–H and O–H groups in total. The van der Waals surface area contributed by atoms with Crippen LogP contribution < -0.4 is 4.84 Å². The molecule has 2 aromatic rings. The van der Waals surface area contributed by atoms with Crippen molar-refractivity contribution >= 4 is 28.3 Å². The van der Waals surface area contributed by atoms with Gasteiger partial charge >= 0.3 is 12.1 Å². The number of ether oxygens (including phenoxy) is 2. The number of hydrogen-bond acceptors (Lipinski definition) is 5. The zero-order chi connectivity index (χ0) is 21.4. The van der Waals surface area contributed by atoms with E-state index in [1.807, 2.05) is 0 Å². The maximum absolute atomic E-state index is 12.8. The van der Waals surface area contributed by atoms with Gasteiger partial charge in [0.05, 0.1) is 19.3 Å². The van der Waals surface area contributed by atoms with E-state index in [0.717, 1.165) is 12.1 Å². The lowest BCUT2D eigenvalue weighted by molar-refractivity contribution is -0.137. The topological polar surface area (TPSA) is 57.1 Å². The molecule has 0 fully saturated rings. The fourth-order valence-corrected chi connectivity index (χ4v) is 2.57. The van der Waals surface area contributed by atoms with Crippen LogP contribution in [0.15, 0.2) is 59.8 Å².